The van der Waals surface area contributed by atoms with Crippen LogP contribution < -0.4 is 5.32 Å². The third-order valence-corrected chi connectivity index (χ3v) is 4.85. The molecule has 1 N–H and O–H groups in total. The second kappa shape index (κ2) is 8.96. The molecule has 0 spiro atoms. The molecular weight excluding hydrogens is 310 g/mol. The molecule has 1 fully saturated rings. The van der Waals surface area contributed by atoms with E-state index in [1.807, 2.05) is 31.2 Å². The molecule has 0 saturated heterocycles. The SMILES string of the molecule is Cc1cccc(NC(=O)CSCC(=O)OC2CCCC(C)C2)c1. The van der Waals surface area contributed by atoms with Crippen molar-refractivity contribution >= 4 is 29.3 Å². The Hall–Kier alpha value is -1.49. The van der Waals surface area contributed by atoms with Crippen molar-refractivity contribution in [3.05, 3.63) is 29.8 Å². The smallest absolute Gasteiger partial charge is 0.316 e. The summed E-state index contributed by atoms with van der Waals surface area (Å²) >= 11 is 1.30. The van der Waals surface area contributed by atoms with E-state index < -0.39 is 0 Å². The van der Waals surface area contributed by atoms with E-state index in [0.29, 0.717) is 5.92 Å². The number of amides is 1. The van der Waals surface area contributed by atoms with Gasteiger partial charge in [-0.2, -0.15) is 0 Å². The third kappa shape index (κ3) is 6.65. The lowest BCUT2D eigenvalue weighted by atomic mass is 9.89. The summed E-state index contributed by atoms with van der Waals surface area (Å²) in [6.07, 6.45) is 4.35. The number of nitrogens with one attached hydrogen (secondary N) is 1. The minimum Gasteiger partial charge on any atom is -0.462 e. The lowest BCUT2D eigenvalue weighted by Gasteiger charge is -2.26. The molecule has 0 heterocycles. The van der Waals surface area contributed by atoms with Crippen LogP contribution in [-0.2, 0) is 14.3 Å². The van der Waals surface area contributed by atoms with Crippen LogP contribution in [-0.4, -0.2) is 29.5 Å². The van der Waals surface area contributed by atoms with Crippen LogP contribution in [0.15, 0.2) is 24.3 Å². The standard InChI is InChI=1S/C18H25NO3S/c1-13-5-3-7-15(9-13)19-17(20)11-23-12-18(21)22-16-8-4-6-14(2)10-16/h3,5,7,9,14,16H,4,6,8,10-12H2,1-2H3,(H,19,20). The predicted molar refractivity (Wildman–Crippen MR) is 94.6 cm³/mol. The van der Waals surface area contributed by atoms with Gasteiger partial charge in [0.15, 0.2) is 0 Å². The molecule has 5 heteroatoms. The van der Waals surface area contributed by atoms with Gasteiger partial charge in [-0.15, -0.1) is 11.8 Å². The Kier molecular flexibility index (Phi) is 6.96. The number of hydrogen-bond acceptors (Lipinski definition) is 4. The lowest BCUT2D eigenvalue weighted by molar-refractivity contribution is -0.147. The molecule has 0 radical (unpaired) electrons. The van der Waals surface area contributed by atoms with Crippen molar-refractivity contribution in [3.63, 3.8) is 0 Å². The monoisotopic (exact) mass is 335 g/mol. The van der Waals surface area contributed by atoms with E-state index in [2.05, 4.69) is 12.2 Å². The molecule has 0 aliphatic heterocycles. The normalized spacial score (nSPS) is 20.8. The van der Waals surface area contributed by atoms with E-state index in [0.717, 1.165) is 30.5 Å². The maximum absolute atomic E-state index is 11.9. The molecule has 0 bridgehead atoms. The summed E-state index contributed by atoms with van der Waals surface area (Å²) in [5.74, 6) is 0.808. The number of esters is 1. The molecule has 0 aromatic heterocycles. The van der Waals surface area contributed by atoms with Crippen LogP contribution in [0, 0.1) is 12.8 Å². The summed E-state index contributed by atoms with van der Waals surface area (Å²) in [6, 6.07) is 7.66. The summed E-state index contributed by atoms with van der Waals surface area (Å²) < 4.78 is 5.49. The first-order valence-electron chi connectivity index (χ1n) is 8.16. The third-order valence-electron chi connectivity index (χ3n) is 3.94. The number of benzene rings is 1. The van der Waals surface area contributed by atoms with Crippen LogP contribution in [0.25, 0.3) is 0 Å². The van der Waals surface area contributed by atoms with Crippen molar-refractivity contribution in [3.8, 4) is 0 Å². The number of rotatable bonds is 6. The van der Waals surface area contributed by atoms with Crippen LogP contribution >= 0.6 is 11.8 Å². The fraction of sp³-hybridized carbons (Fsp3) is 0.556. The van der Waals surface area contributed by atoms with Crippen molar-refractivity contribution in [1.29, 1.82) is 0 Å². The van der Waals surface area contributed by atoms with Gasteiger partial charge in [0.05, 0.1) is 11.5 Å². The molecule has 1 aliphatic rings. The summed E-state index contributed by atoms with van der Waals surface area (Å²) in [5, 5.41) is 2.83. The van der Waals surface area contributed by atoms with Gasteiger partial charge in [-0.25, -0.2) is 0 Å². The number of aryl methyl sites for hydroxylation is 1. The minimum absolute atomic E-state index is 0.0629. The molecule has 23 heavy (non-hydrogen) atoms. The highest BCUT2D eigenvalue weighted by Crippen LogP contribution is 2.26. The highest BCUT2D eigenvalue weighted by atomic mass is 32.2. The van der Waals surface area contributed by atoms with Gasteiger partial charge >= 0.3 is 5.97 Å². The fourth-order valence-corrected chi connectivity index (χ4v) is 3.45. The second-order valence-corrected chi connectivity index (χ2v) is 7.28. The van der Waals surface area contributed by atoms with E-state index in [-0.39, 0.29) is 29.5 Å². The van der Waals surface area contributed by atoms with Gasteiger partial charge in [-0.3, -0.25) is 9.59 Å². The Labute approximate surface area is 142 Å². The quantitative estimate of drug-likeness (QED) is 0.804. The minimum atomic E-state index is -0.211. The van der Waals surface area contributed by atoms with Gasteiger partial charge in [-0.05, 0) is 49.8 Å². The van der Waals surface area contributed by atoms with Gasteiger partial charge in [0.25, 0.3) is 0 Å². The Balaban J connectivity index is 1.64. The molecule has 2 atom stereocenters. The summed E-state index contributed by atoms with van der Waals surface area (Å²) in [4.78, 5) is 23.7. The molecule has 126 valence electrons. The second-order valence-electron chi connectivity index (χ2n) is 6.29. The Morgan fingerprint density at radius 2 is 2.13 bits per heavy atom. The Bertz CT molecular complexity index is 547. The van der Waals surface area contributed by atoms with Gasteiger partial charge in [0.1, 0.15) is 6.10 Å². The van der Waals surface area contributed by atoms with Crippen molar-refractivity contribution in [2.45, 2.75) is 45.6 Å². The van der Waals surface area contributed by atoms with E-state index in [1.54, 1.807) is 0 Å². The lowest BCUT2D eigenvalue weighted by Crippen LogP contribution is -2.25. The predicted octanol–water partition coefficient (Wildman–Crippen LogP) is 3.79. The number of carbonyl (C=O) groups is 2. The average Bonchev–Trinajstić information content (AvgIpc) is 2.47. The zero-order valence-electron chi connectivity index (χ0n) is 13.8. The Morgan fingerprint density at radius 1 is 1.30 bits per heavy atom. The number of thioether (sulfide) groups is 1. The highest BCUT2D eigenvalue weighted by Gasteiger charge is 2.22. The number of ether oxygens (including phenoxy) is 1. The molecule has 1 saturated carbocycles. The van der Waals surface area contributed by atoms with Gasteiger partial charge in [0, 0.05) is 5.69 Å². The van der Waals surface area contributed by atoms with E-state index in [4.69, 9.17) is 4.74 Å². The first kappa shape index (κ1) is 17.9. The van der Waals surface area contributed by atoms with Gasteiger partial charge in [0.2, 0.25) is 5.91 Å². The highest BCUT2D eigenvalue weighted by molar-refractivity contribution is 8.00. The Morgan fingerprint density at radius 3 is 2.87 bits per heavy atom. The zero-order valence-corrected chi connectivity index (χ0v) is 14.7. The molecule has 2 rings (SSSR count). The van der Waals surface area contributed by atoms with Gasteiger partial charge in [-0.1, -0.05) is 25.5 Å². The van der Waals surface area contributed by atoms with Gasteiger partial charge < -0.3 is 10.1 Å². The zero-order chi connectivity index (χ0) is 16.7. The molecule has 1 amide bonds. The summed E-state index contributed by atoms with van der Waals surface area (Å²) in [7, 11) is 0. The molecule has 1 aromatic carbocycles. The molecule has 1 aliphatic carbocycles. The van der Waals surface area contributed by atoms with Crippen LogP contribution in [0.3, 0.4) is 0 Å². The van der Waals surface area contributed by atoms with Crippen molar-refractivity contribution in [1.82, 2.24) is 0 Å². The molecule has 1 aromatic rings. The number of hydrogen-bond donors (Lipinski definition) is 1. The summed E-state index contributed by atoms with van der Waals surface area (Å²) in [5.41, 5.74) is 1.88. The topological polar surface area (TPSA) is 55.4 Å². The van der Waals surface area contributed by atoms with Crippen LogP contribution in [0.1, 0.15) is 38.2 Å². The van der Waals surface area contributed by atoms with E-state index in [9.17, 15) is 9.59 Å². The van der Waals surface area contributed by atoms with Crippen LogP contribution in [0.5, 0.6) is 0 Å². The van der Waals surface area contributed by atoms with E-state index >= 15 is 0 Å². The number of carbonyl (C=O) groups excluding carboxylic acids is 2. The fourth-order valence-electron chi connectivity index (χ4n) is 2.85. The molecule has 4 nitrogen and oxygen atoms in total. The number of anilines is 1. The maximum atomic E-state index is 11.9. The average molecular weight is 335 g/mol. The van der Waals surface area contributed by atoms with Crippen molar-refractivity contribution in [2.75, 3.05) is 16.8 Å². The van der Waals surface area contributed by atoms with Crippen molar-refractivity contribution in [2.24, 2.45) is 5.92 Å². The first-order valence-corrected chi connectivity index (χ1v) is 9.32. The van der Waals surface area contributed by atoms with Crippen molar-refractivity contribution < 1.29 is 14.3 Å². The van der Waals surface area contributed by atoms with Crippen LogP contribution in [0.4, 0.5) is 5.69 Å². The maximum Gasteiger partial charge on any atom is 0.316 e. The molecule has 2 unspecified atom stereocenters. The molecular formula is C18H25NO3S. The first-order chi connectivity index (χ1) is 11.0. The largest absolute Gasteiger partial charge is 0.462 e. The summed E-state index contributed by atoms with van der Waals surface area (Å²) in [6.45, 7) is 4.18. The van der Waals surface area contributed by atoms with E-state index in [1.165, 1.54) is 18.2 Å². The van der Waals surface area contributed by atoms with Crippen LogP contribution in [0.2, 0.25) is 0 Å².